The molecule has 1 fully saturated rings. The minimum absolute atomic E-state index is 0.0262. The van der Waals surface area contributed by atoms with E-state index in [0.29, 0.717) is 11.1 Å². The lowest BCUT2D eigenvalue weighted by Gasteiger charge is -2.35. The number of amides is 1. The Kier molecular flexibility index (Phi) is 4.39. The summed E-state index contributed by atoms with van der Waals surface area (Å²) in [6, 6.07) is 7.12. The van der Waals surface area contributed by atoms with Gasteiger partial charge in [-0.05, 0) is 29.6 Å². The number of azide groups is 1. The highest BCUT2D eigenvalue weighted by Gasteiger charge is 2.56. The van der Waals surface area contributed by atoms with E-state index in [2.05, 4.69) is 10.0 Å². The van der Waals surface area contributed by atoms with Gasteiger partial charge in [-0.25, -0.2) is 9.59 Å². The third-order valence-electron chi connectivity index (χ3n) is 4.01. The molecule has 1 saturated heterocycles. The van der Waals surface area contributed by atoms with Crippen molar-refractivity contribution < 1.29 is 19.8 Å². The zero-order chi connectivity index (χ0) is 17.0. The van der Waals surface area contributed by atoms with Crippen LogP contribution < -0.4 is 0 Å². The molecule has 1 aliphatic heterocycles. The van der Waals surface area contributed by atoms with Crippen molar-refractivity contribution in [2.45, 2.75) is 24.4 Å². The maximum absolute atomic E-state index is 11.9. The molecule has 1 amide bonds. The normalized spacial score (nSPS) is 22.9. The summed E-state index contributed by atoms with van der Waals surface area (Å²) in [5, 5.41) is 31.3. The zero-order valence-electron chi connectivity index (χ0n) is 12.0. The Morgan fingerprint density at radius 2 is 2.09 bits per heavy atom. The molecule has 1 heterocycles. The molecule has 1 aliphatic rings. The molecule has 118 valence electrons. The van der Waals surface area contributed by atoms with Gasteiger partial charge in [-0.15, -0.1) is 0 Å². The predicted molar refractivity (Wildman–Crippen MR) is 77.5 cm³/mol. The van der Waals surface area contributed by atoms with E-state index in [4.69, 9.17) is 10.8 Å². The molecule has 9 nitrogen and oxygen atoms in total. The molecule has 0 saturated carbocycles. The number of carbonyl (C=O) groups is 2. The fourth-order valence-electron chi connectivity index (χ4n) is 2.91. The largest absolute Gasteiger partial charge is 0.479 e. The summed E-state index contributed by atoms with van der Waals surface area (Å²) in [4.78, 5) is 26.8. The van der Waals surface area contributed by atoms with Crippen molar-refractivity contribution in [3.63, 3.8) is 0 Å². The highest BCUT2D eigenvalue weighted by atomic mass is 16.4. The summed E-state index contributed by atoms with van der Waals surface area (Å²) in [7, 11) is 0. The van der Waals surface area contributed by atoms with Gasteiger partial charge in [-0.2, -0.15) is 5.26 Å². The minimum Gasteiger partial charge on any atom is -0.479 e. The van der Waals surface area contributed by atoms with Crippen molar-refractivity contribution in [1.82, 2.24) is 4.90 Å². The van der Waals surface area contributed by atoms with Gasteiger partial charge in [0.2, 0.25) is 0 Å². The summed E-state index contributed by atoms with van der Waals surface area (Å²) >= 11 is 0. The Morgan fingerprint density at radius 3 is 2.57 bits per heavy atom. The van der Waals surface area contributed by atoms with Crippen molar-refractivity contribution in [2.24, 2.45) is 5.11 Å². The number of carboxylic acids is 1. The molecule has 23 heavy (non-hydrogen) atoms. The average Bonchev–Trinajstić information content (AvgIpc) is 2.88. The topological polar surface area (TPSA) is 150 Å². The van der Waals surface area contributed by atoms with Crippen LogP contribution >= 0.6 is 0 Å². The van der Waals surface area contributed by atoms with E-state index >= 15 is 0 Å². The molecule has 2 rings (SSSR count). The molecular weight excluding hydrogens is 302 g/mol. The summed E-state index contributed by atoms with van der Waals surface area (Å²) in [6.07, 6.45) is -1.39. The van der Waals surface area contributed by atoms with Crippen LogP contribution in [0.25, 0.3) is 10.4 Å². The molecule has 1 aromatic carbocycles. The van der Waals surface area contributed by atoms with Gasteiger partial charge in [-0.1, -0.05) is 17.2 Å². The van der Waals surface area contributed by atoms with E-state index < -0.39 is 23.6 Å². The van der Waals surface area contributed by atoms with Crippen LogP contribution in [-0.2, 0) is 11.2 Å². The van der Waals surface area contributed by atoms with Gasteiger partial charge in [0.15, 0.2) is 5.54 Å². The molecule has 2 unspecified atom stereocenters. The van der Waals surface area contributed by atoms with Gasteiger partial charge in [0.05, 0.1) is 17.7 Å². The number of nitriles is 1. The molecular formula is C14H13N5O4. The first-order valence-electron chi connectivity index (χ1n) is 6.73. The molecule has 0 bridgehead atoms. The lowest BCUT2D eigenvalue weighted by Crippen LogP contribution is -2.59. The minimum atomic E-state index is -1.85. The van der Waals surface area contributed by atoms with Crippen LogP contribution in [0.1, 0.15) is 17.5 Å². The van der Waals surface area contributed by atoms with Crippen molar-refractivity contribution in [1.29, 1.82) is 5.26 Å². The van der Waals surface area contributed by atoms with E-state index in [1.165, 1.54) is 12.1 Å². The Hall–Kier alpha value is -3.24. The van der Waals surface area contributed by atoms with Crippen LogP contribution in [0.5, 0.6) is 0 Å². The van der Waals surface area contributed by atoms with Gasteiger partial charge in [-0.3, -0.25) is 4.90 Å². The number of hydrogen-bond acceptors (Lipinski definition) is 4. The van der Waals surface area contributed by atoms with Gasteiger partial charge in [0.1, 0.15) is 0 Å². The van der Waals surface area contributed by atoms with Crippen LogP contribution in [0.2, 0.25) is 0 Å². The second kappa shape index (κ2) is 6.25. The van der Waals surface area contributed by atoms with E-state index in [1.807, 2.05) is 6.07 Å². The molecule has 9 heteroatoms. The summed E-state index contributed by atoms with van der Waals surface area (Å²) in [5.41, 5.74) is 7.76. The summed E-state index contributed by atoms with van der Waals surface area (Å²) < 4.78 is 0. The Balaban J connectivity index is 2.49. The Labute approximate surface area is 131 Å². The molecule has 0 radical (unpaired) electrons. The van der Waals surface area contributed by atoms with Crippen LogP contribution in [0.15, 0.2) is 29.4 Å². The maximum atomic E-state index is 11.9. The fraction of sp³-hybridized carbons (Fsp3) is 0.357. The second-order valence-electron chi connectivity index (χ2n) is 5.16. The Bertz CT molecular complexity index is 708. The predicted octanol–water partition coefficient (Wildman–Crippen LogP) is 1.99. The first-order chi connectivity index (χ1) is 11.0. The van der Waals surface area contributed by atoms with E-state index in [9.17, 15) is 19.8 Å². The molecule has 2 N–H and O–H groups in total. The van der Waals surface area contributed by atoms with Gasteiger partial charge in [0.25, 0.3) is 0 Å². The van der Waals surface area contributed by atoms with Crippen molar-refractivity contribution >= 4 is 12.1 Å². The van der Waals surface area contributed by atoms with E-state index in [1.54, 1.807) is 12.1 Å². The SMILES string of the molecule is N#Cc1ccc(CC2(C(=O)O)C(N=[N+]=[N-])CCN2C(=O)O)cc1. The standard InChI is InChI=1S/C14H13N5O4/c15-8-10-3-1-9(2-4-10)7-14(12(20)21)11(17-18-16)5-6-19(14)13(22)23/h1-4,11H,5-7H2,(H,20,21)(H,22,23). The van der Waals surface area contributed by atoms with Gasteiger partial charge in [0, 0.05) is 17.9 Å². The third-order valence-corrected chi connectivity index (χ3v) is 4.01. The third kappa shape index (κ3) is 2.75. The highest BCUT2D eigenvalue weighted by molar-refractivity contribution is 5.86. The number of nitrogens with zero attached hydrogens (tertiary/aromatic N) is 5. The summed E-state index contributed by atoms with van der Waals surface area (Å²) in [6.45, 7) is -0.0262. The Morgan fingerprint density at radius 1 is 1.43 bits per heavy atom. The van der Waals surface area contributed by atoms with Crippen LogP contribution in [0.4, 0.5) is 4.79 Å². The first-order valence-corrected chi connectivity index (χ1v) is 6.73. The van der Waals surface area contributed by atoms with Crippen LogP contribution in [0, 0.1) is 11.3 Å². The van der Waals surface area contributed by atoms with Gasteiger partial charge >= 0.3 is 12.1 Å². The number of benzene rings is 1. The molecule has 2 atom stereocenters. The monoisotopic (exact) mass is 315 g/mol. The molecule has 1 aromatic rings. The number of likely N-dealkylation sites (tertiary alicyclic amines) is 1. The first kappa shape index (κ1) is 16.1. The lowest BCUT2D eigenvalue weighted by molar-refractivity contribution is -0.149. The smallest absolute Gasteiger partial charge is 0.408 e. The highest BCUT2D eigenvalue weighted by Crippen LogP contribution is 2.36. The second-order valence-corrected chi connectivity index (χ2v) is 5.16. The average molecular weight is 315 g/mol. The van der Waals surface area contributed by atoms with E-state index in [-0.39, 0.29) is 19.4 Å². The number of rotatable bonds is 4. The zero-order valence-corrected chi connectivity index (χ0v) is 12.0. The number of hydrogen-bond donors (Lipinski definition) is 2. The van der Waals surface area contributed by atoms with Crippen molar-refractivity contribution in [2.75, 3.05) is 6.54 Å². The van der Waals surface area contributed by atoms with Gasteiger partial charge < -0.3 is 10.2 Å². The maximum Gasteiger partial charge on any atom is 0.408 e. The molecule has 0 aromatic heterocycles. The van der Waals surface area contributed by atoms with Crippen LogP contribution in [-0.4, -0.2) is 45.3 Å². The summed E-state index contributed by atoms with van der Waals surface area (Å²) in [5.74, 6) is -1.36. The van der Waals surface area contributed by atoms with Crippen molar-refractivity contribution in [3.05, 3.63) is 45.8 Å². The molecule has 0 aliphatic carbocycles. The van der Waals surface area contributed by atoms with Crippen molar-refractivity contribution in [3.8, 4) is 6.07 Å². The quantitative estimate of drug-likeness (QED) is 0.494. The molecule has 0 spiro atoms. The lowest BCUT2D eigenvalue weighted by atomic mass is 9.84. The fourth-order valence-corrected chi connectivity index (χ4v) is 2.91. The number of aliphatic carboxylic acids is 1. The van der Waals surface area contributed by atoms with E-state index in [0.717, 1.165) is 4.90 Å². The van der Waals surface area contributed by atoms with Crippen LogP contribution in [0.3, 0.4) is 0 Å². The number of carboxylic acid groups (broad SMARTS) is 2.